The van der Waals surface area contributed by atoms with E-state index in [4.69, 9.17) is 10.5 Å². The van der Waals surface area contributed by atoms with Gasteiger partial charge in [0.1, 0.15) is 0 Å². The van der Waals surface area contributed by atoms with Gasteiger partial charge in [0.2, 0.25) is 5.91 Å². The zero-order valence-corrected chi connectivity index (χ0v) is 9.71. The van der Waals surface area contributed by atoms with E-state index in [-0.39, 0.29) is 17.4 Å². The molecule has 0 aromatic carbocycles. The van der Waals surface area contributed by atoms with Gasteiger partial charge in [-0.25, -0.2) is 0 Å². The van der Waals surface area contributed by atoms with E-state index >= 15 is 0 Å². The average Bonchev–Trinajstić information content (AvgIpc) is 2.30. The normalized spacial score (nSPS) is 25.7. The predicted molar refractivity (Wildman–Crippen MR) is 59.4 cm³/mol. The summed E-state index contributed by atoms with van der Waals surface area (Å²) in [5.41, 5.74) is 5.38. The Balaban J connectivity index is 2.46. The first kappa shape index (κ1) is 12.5. The number of ether oxygens (including phenoxy) is 1. The third-order valence-corrected chi connectivity index (χ3v) is 3.19. The molecule has 0 radical (unpaired) electrons. The maximum absolute atomic E-state index is 11.9. The summed E-state index contributed by atoms with van der Waals surface area (Å²) < 4.78 is 5.29. The van der Waals surface area contributed by atoms with Gasteiger partial charge in [-0.15, -0.1) is 0 Å². The lowest BCUT2D eigenvalue weighted by molar-refractivity contribution is -0.130. The fourth-order valence-electron chi connectivity index (χ4n) is 1.63. The van der Waals surface area contributed by atoms with Crippen molar-refractivity contribution >= 4 is 5.91 Å². The molecule has 1 aliphatic rings. The molecule has 2 atom stereocenters. The smallest absolute Gasteiger partial charge is 0.225 e. The van der Waals surface area contributed by atoms with E-state index in [9.17, 15) is 4.79 Å². The van der Waals surface area contributed by atoms with Gasteiger partial charge in [0, 0.05) is 18.7 Å². The first-order valence-corrected chi connectivity index (χ1v) is 5.71. The van der Waals surface area contributed by atoms with Gasteiger partial charge in [0.05, 0.1) is 12.5 Å². The van der Waals surface area contributed by atoms with Gasteiger partial charge in [-0.05, 0) is 26.2 Å². The zero-order chi connectivity index (χ0) is 11.3. The highest BCUT2D eigenvalue weighted by Crippen LogP contribution is 2.16. The molecule has 4 heteroatoms. The lowest BCUT2D eigenvalue weighted by Crippen LogP contribution is -2.53. The summed E-state index contributed by atoms with van der Waals surface area (Å²) in [6.45, 7) is 5.82. The number of carbonyl (C=O) groups excluding carboxylic acids is 1. The van der Waals surface area contributed by atoms with Crippen LogP contribution in [-0.2, 0) is 9.53 Å². The van der Waals surface area contributed by atoms with Crippen molar-refractivity contribution in [1.82, 2.24) is 5.32 Å². The quantitative estimate of drug-likeness (QED) is 0.722. The van der Waals surface area contributed by atoms with E-state index < -0.39 is 0 Å². The number of nitrogens with two attached hydrogens (primary N) is 1. The lowest BCUT2D eigenvalue weighted by Gasteiger charge is -2.31. The van der Waals surface area contributed by atoms with Gasteiger partial charge < -0.3 is 15.8 Å². The molecule has 1 saturated heterocycles. The number of hydrogen-bond donors (Lipinski definition) is 2. The zero-order valence-electron chi connectivity index (χ0n) is 9.71. The van der Waals surface area contributed by atoms with Crippen molar-refractivity contribution < 1.29 is 9.53 Å². The second-order valence-electron chi connectivity index (χ2n) is 4.52. The van der Waals surface area contributed by atoms with Crippen molar-refractivity contribution in [3.8, 4) is 0 Å². The Bertz CT molecular complexity index is 209. The van der Waals surface area contributed by atoms with E-state index in [1.54, 1.807) is 0 Å². The SMILES string of the molecule is CCC(C)(CN)NC(=O)C1CCCOC1. The van der Waals surface area contributed by atoms with Crippen molar-refractivity contribution in [3.05, 3.63) is 0 Å². The van der Waals surface area contributed by atoms with Crippen LogP contribution in [0.15, 0.2) is 0 Å². The minimum atomic E-state index is -0.269. The highest BCUT2D eigenvalue weighted by Gasteiger charge is 2.28. The molecule has 2 unspecified atom stereocenters. The highest BCUT2D eigenvalue weighted by molar-refractivity contribution is 5.79. The van der Waals surface area contributed by atoms with Gasteiger partial charge in [-0.1, -0.05) is 6.92 Å². The molecular weight excluding hydrogens is 192 g/mol. The van der Waals surface area contributed by atoms with Crippen molar-refractivity contribution in [3.63, 3.8) is 0 Å². The maximum atomic E-state index is 11.9. The summed E-state index contributed by atoms with van der Waals surface area (Å²) >= 11 is 0. The van der Waals surface area contributed by atoms with Crippen LogP contribution in [0.4, 0.5) is 0 Å². The van der Waals surface area contributed by atoms with Crippen molar-refractivity contribution in [2.45, 2.75) is 38.6 Å². The van der Waals surface area contributed by atoms with Crippen LogP contribution in [0, 0.1) is 5.92 Å². The van der Waals surface area contributed by atoms with Crippen molar-refractivity contribution in [2.24, 2.45) is 11.7 Å². The van der Waals surface area contributed by atoms with Gasteiger partial charge >= 0.3 is 0 Å². The number of nitrogens with one attached hydrogen (secondary N) is 1. The predicted octanol–water partition coefficient (Wildman–Crippen LogP) is 0.657. The van der Waals surface area contributed by atoms with Crippen LogP contribution >= 0.6 is 0 Å². The second kappa shape index (κ2) is 5.47. The summed E-state index contributed by atoms with van der Waals surface area (Å²) in [4.78, 5) is 11.9. The standard InChI is InChI=1S/C11H22N2O2/c1-3-11(2,8-12)13-10(14)9-5-4-6-15-7-9/h9H,3-8,12H2,1-2H3,(H,13,14). The van der Waals surface area contributed by atoms with E-state index in [0.717, 1.165) is 25.9 Å². The van der Waals surface area contributed by atoms with Crippen LogP contribution in [0.5, 0.6) is 0 Å². The van der Waals surface area contributed by atoms with E-state index in [2.05, 4.69) is 5.32 Å². The Labute approximate surface area is 91.5 Å². The molecule has 0 aromatic rings. The summed E-state index contributed by atoms with van der Waals surface area (Å²) in [6, 6.07) is 0. The second-order valence-corrected chi connectivity index (χ2v) is 4.52. The number of rotatable bonds is 4. The molecule has 1 rings (SSSR count). The van der Waals surface area contributed by atoms with Gasteiger partial charge in [0.15, 0.2) is 0 Å². The fourth-order valence-corrected chi connectivity index (χ4v) is 1.63. The third-order valence-electron chi connectivity index (χ3n) is 3.19. The summed E-state index contributed by atoms with van der Waals surface area (Å²) in [6.07, 6.45) is 2.75. The molecule has 0 spiro atoms. The Kier molecular flexibility index (Phi) is 4.54. The molecule has 15 heavy (non-hydrogen) atoms. The van der Waals surface area contributed by atoms with Crippen LogP contribution < -0.4 is 11.1 Å². The molecule has 0 aromatic heterocycles. The molecule has 88 valence electrons. The van der Waals surface area contributed by atoms with E-state index in [0.29, 0.717) is 13.2 Å². The minimum Gasteiger partial charge on any atom is -0.381 e. The van der Waals surface area contributed by atoms with E-state index in [1.807, 2.05) is 13.8 Å². The fraction of sp³-hybridized carbons (Fsp3) is 0.909. The number of carbonyl (C=O) groups is 1. The molecule has 3 N–H and O–H groups in total. The highest BCUT2D eigenvalue weighted by atomic mass is 16.5. The average molecular weight is 214 g/mol. The molecule has 0 bridgehead atoms. The van der Waals surface area contributed by atoms with Crippen LogP contribution in [0.1, 0.15) is 33.1 Å². The molecular formula is C11H22N2O2. The summed E-state index contributed by atoms with van der Waals surface area (Å²) in [7, 11) is 0. The lowest BCUT2D eigenvalue weighted by atomic mass is 9.95. The molecule has 1 amide bonds. The van der Waals surface area contributed by atoms with Gasteiger partial charge in [-0.2, -0.15) is 0 Å². The van der Waals surface area contributed by atoms with Crippen molar-refractivity contribution in [2.75, 3.05) is 19.8 Å². The molecule has 1 heterocycles. The van der Waals surface area contributed by atoms with Gasteiger partial charge in [0.25, 0.3) is 0 Å². The third kappa shape index (κ3) is 3.47. The van der Waals surface area contributed by atoms with Crippen LogP contribution in [0.2, 0.25) is 0 Å². The molecule has 1 fully saturated rings. The molecule has 0 saturated carbocycles. The van der Waals surface area contributed by atoms with Crippen molar-refractivity contribution in [1.29, 1.82) is 0 Å². The minimum absolute atomic E-state index is 0.0103. The Morgan fingerprint density at radius 3 is 2.87 bits per heavy atom. The molecule has 4 nitrogen and oxygen atoms in total. The number of amides is 1. The monoisotopic (exact) mass is 214 g/mol. The molecule has 1 aliphatic heterocycles. The van der Waals surface area contributed by atoms with Crippen LogP contribution in [-0.4, -0.2) is 31.2 Å². The van der Waals surface area contributed by atoms with Gasteiger partial charge in [-0.3, -0.25) is 4.79 Å². The first-order valence-electron chi connectivity index (χ1n) is 5.71. The Morgan fingerprint density at radius 2 is 2.40 bits per heavy atom. The van der Waals surface area contributed by atoms with Crippen LogP contribution in [0.25, 0.3) is 0 Å². The molecule has 0 aliphatic carbocycles. The van der Waals surface area contributed by atoms with E-state index in [1.165, 1.54) is 0 Å². The largest absolute Gasteiger partial charge is 0.381 e. The number of hydrogen-bond acceptors (Lipinski definition) is 3. The maximum Gasteiger partial charge on any atom is 0.225 e. The first-order chi connectivity index (χ1) is 7.11. The Morgan fingerprint density at radius 1 is 1.67 bits per heavy atom. The summed E-state index contributed by atoms with van der Waals surface area (Å²) in [5.74, 6) is 0.0978. The summed E-state index contributed by atoms with van der Waals surface area (Å²) in [5, 5.41) is 3.02. The Hall–Kier alpha value is -0.610. The topological polar surface area (TPSA) is 64.3 Å². The van der Waals surface area contributed by atoms with Crippen LogP contribution in [0.3, 0.4) is 0 Å².